The second-order valence-electron chi connectivity index (χ2n) is 2.35. The van der Waals surface area contributed by atoms with Gasteiger partial charge in [0.15, 0.2) is 0 Å². The lowest BCUT2D eigenvalue weighted by atomic mass is 10.3. The molecular weight excluding hydrogens is 128 g/mol. The van der Waals surface area contributed by atoms with E-state index in [1.807, 2.05) is 4.57 Å². The van der Waals surface area contributed by atoms with Crippen LogP contribution >= 0.6 is 0 Å². The SMILES string of the molecule is CCC(C)n1cnnc1N. The Morgan fingerprint density at radius 3 is 2.90 bits per heavy atom. The van der Waals surface area contributed by atoms with Gasteiger partial charge in [0.05, 0.1) is 0 Å². The van der Waals surface area contributed by atoms with Crippen molar-refractivity contribution in [2.45, 2.75) is 26.3 Å². The van der Waals surface area contributed by atoms with Gasteiger partial charge < -0.3 is 5.73 Å². The highest BCUT2D eigenvalue weighted by Gasteiger charge is 2.04. The number of hydrogen-bond donors (Lipinski definition) is 1. The minimum Gasteiger partial charge on any atom is -0.368 e. The molecule has 56 valence electrons. The highest BCUT2D eigenvalue weighted by atomic mass is 15.3. The fourth-order valence-electron chi connectivity index (χ4n) is 0.788. The first-order valence-corrected chi connectivity index (χ1v) is 3.40. The molecule has 4 nitrogen and oxygen atoms in total. The van der Waals surface area contributed by atoms with E-state index in [2.05, 4.69) is 24.0 Å². The largest absolute Gasteiger partial charge is 0.368 e. The molecule has 1 heterocycles. The predicted octanol–water partition coefficient (Wildman–Crippen LogP) is 0.831. The number of nitrogens with zero attached hydrogens (tertiary/aromatic N) is 3. The summed E-state index contributed by atoms with van der Waals surface area (Å²) in [6.07, 6.45) is 2.70. The molecule has 1 atom stereocenters. The van der Waals surface area contributed by atoms with E-state index in [-0.39, 0.29) is 0 Å². The second kappa shape index (κ2) is 2.68. The van der Waals surface area contributed by atoms with Gasteiger partial charge in [0.25, 0.3) is 0 Å². The summed E-state index contributed by atoms with van der Waals surface area (Å²) in [5.41, 5.74) is 5.51. The molecule has 4 heteroatoms. The maximum atomic E-state index is 5.51. The molecule has 10 heavy (non-hydrogen) atoms. The lowest BCUT2D eigenvalue weighted by Crippen LogP contribution is -2.06. The summed E-state index contributed by atoms with van der Waals surface area (Å²) < 4.78 is 1.86. The zero-order chi connectivity index (χ0) is 7.56. The van der Waals surface area contributed by atoms with Crippen molar-refractivity contribution >= 4 is 5.95 Å². The lowest BCUT2D eigenvalue weighted by molar-refractivity contribution is 0.536. The minimum absolute atomic E-state index is 0.398. The fourth-order valence-corrected chi connectivity index (χ4v) is 0.788. The van der Waals surface area contributed by atoms with Gasteiger partial charge in [-0.1, -0.05) is 6.92 Å². The van der Waals surface area contributed by atoms with Gasteiger partial charge >= 0.3 is 0 Å². The van der Waals surface area contributed by atoms with Gasteiger partial charge in [0.1, 0.15) is 6.33 Å². The van der Waals surface area contributed by atoms with Crippen molar-refractivity contribution in [1.29, 1.82) is 0 Å². The molecule has 2 N–H and O–H groups in total. The van der Waals surface area contributed by atoms with Gasteiger partial charge in [0.2, 0.25) is 5.95 Å². The molecule has 0 aromatic carbocycles. The van der Waals surface area contributed by atoms with Gasteiger partial charge in [-0.25, -0.2) is 0 Å². The molecule has 1 rings (SSSR count). The van der Waals surface area contributed by atoms with Crippen molar-refractivity contribution in [3.63, 3.8) is 0 Å². The van der Waals surface area contributed by atoms with Crippen LogP contribution in [0.1, 0.15) is 26.3 Å². The molecular formula is C6H12N4. The van der Waals surface area contributed by atoms with E-state index in [1.54, 1.807) is 6.33 Å². The highest BCUT2D eigenvalue weighted by Crippen LogP contribution is 2.11. The van der Waals surface area contributed by atoms with Gasteiger partial charge in [-0.05, 0) is 13.3 Å². The van der Waals surface area contributed by atoms with Crippen LogP contribution in [0.3, 0.4) is 0 Å². The Morgan fingerprint density at radius 2 is 2.50 bits per heavy atom. The summed E-state index contributed by atoms with van der Waals surface area (Å²) in [4.78, 5) is 0. The van der Waals surface area contributed by atoms with Crippen molar-refractivity contribution in [2.24, 2.45) is 0 Å². The average Bonchev–Trinajstić information content (AvgIpc) is 2.34. The van der Waals surface area contributed by atoms with Crippen molar-refractivity contribution in [2.75, 3.05) is 5.73 Å². The van der Waals surface area contributed by atoms with Crippen LogP contribution in [-0.4, -0.2) is 14.8 Å². The van der Waals surface area contributed by atoms with Gasteiger partial charge in [0, 0.05) is 6.04 Å². The predicted molar refractivity (Wildman–Crippen MR) is 39.4 cm³/mol. The number of rotatable bonds is 2. The third-order valence-electron chi connectivity index (χ3n) is 1.67. The molecule has 0 amide bonds. The number of nitrogen functional groups attached to an aromatic ring is 1. The zero-order valence-corrected chi connectivity index (χ0v) is 6.28. The van der Waals surface area contributed by atoms with E-state index in [0.717, 1.165) is 6.42 Å². The first-order valence-electron chi connectivity index (χ1n) is 3.40. The summed E-state index contributed by atoms with van der Waals surface area (Å²) >= 11 is 0. The lowest BCUT2D eigenvalue weighted by Gasteiger charge is -2.09. The molecule has 0 fully saturated rings. The van der Waals surface area contributed by atoms with Gasteiger partial charge in [-0.2, -0.15) is 0 Å². The molecule has 0 radical (unpaired) electrons. The van der Waals surface area contributed by atoms with Crippen LogP contribution in [0.4, 0.5) is 5.95 Å². The fraction of sp³-hybridized carbons (Fsp3) is 0.667. The summed E-state index contributed by atoms with van der Waals surface area (Å²) in [6, 6.07) is 0.398. The van der Waals surface area contributed by atoms with E-state index in [9.17, 15) is 0 Å². The molecule has 1 aromatic rings. The highest BCUT2D eigenvalue weighted by molar-refractivity contribution is 5.13. The van der Waals surface area contributed by atoms with Crippen LogP contribution in [0.2, 0.25) is 0 Å². The third-order valence-corrected chi connectivity index (χ3v) is 1.67. The van der Waals surface area contributed by atoms with Crippen molar-refractivity contribution in [1.82, 2.24) is 14.8 Å². The minimum atomic E-state index is 0.398. The molecule has 0 spiro atoms. The Balaban J connectivity index is 2.82. The molecule has 0 aliphatic heterocycles. The quantitative estimate of drug-likeness (QED) is 0.662. The topological polar surface area (TPSA) is 56.7 Å². The molecule has 1 unspecified atom stereocenters. The van der Waals surface area contributed by atoms with Crippen LogP contribution in [0.15, 0.2) is 6.33 Å². The number of anilines is 1. The molecule has 0 bridgehead atoms. The van der Waals surface area contributed by atoms with E-state index in [1.165, 1.54) is 0 Å². The number of nitrogens with two attached hydrogens (primary N) is 1. The first kappa shape index (κ1) is 7.05. The van der Waals surface area contributed by atoms with Crippen LogP contribution < -0.4 is 5.73 Å². The Morgan fingerprint density at radius 1 is 1.80 bits per heavy atom. The Labute approximate surface area is 60.1 Å². The van der Waals surface area contributed by atoms with Crippen molar-refractivity contribution < 1.29 is 0 Å². The maximum absolute atomic E-state index is 5.51. The van der Waals surface area contributed by atoms with Gasteiger partial charge in [-0.15, -0.1) is 10.2 Å². The molecule has 0 aliphatic carbocycles. The molecule has 0 saturated carbocycles. The first-order chi connectivity index (χ1) is 4.75. The van der Waals surface area contributed by atoms with Crippen LogP contribution in [0.5, 0.6) is 0 Å². The summed E-state index contributed by atoms with van der Waals surface area (Å²) in [5.74, 6) is 0.495. The number of aromatic nitrogens is 3. The summed E-state index contributed by atoms with van der Waals surface area (Å²) in [7, 11) is 0. The van der Waals surface area contributed by atoms with E-state index in [4.69, 9.17) is 5.73 Å². The van der Waals surface area contributed by atoms with Crippen molar-refractivity contribution in [3.05, 3.63) is 6.33 Å². The monoisotopic (exact) mass is 140 g/mol. The third kappa shape index (κ3) is 1.10. The van der Waals surface area contributed by atoms with E-state index >= 15 is 0 Å². The van der Waals surface area contributed by atoms with E-state index < -0.39 is 0 Å². The average molecular weight is 140 g/mol. The number of hydrogen-bond acceptors (Lipinski definition) is 3. The van der Waals surface area contributed by atoms with Gasteiger partial charge in [-0.3, -0.25) is 4.57 Å². The standard InChI is InChI=1S/C6H12N4/c1-3-5(2)10-4-8-9-6(10)7/h4-5H,3H2,1-2H3,(H2,7,9). The van der Waals surface area contributed by atoms with Crippen LogP contribution in [-0.2, 0) is 0 Å². The van der Waals surface area contributed by atoms with E-state index in [0.29, 0.717) is 12.0 Å². The Kier molecular flexibility index (Phi) is 1.89. The maximum Gasteiger partial charge on any atom is 0.222 e. The normalized spacial score (nSPS) is 13.4. The zero-order valence-electron chi connectivity index (χ0n) is 6.28. The molecule has 0 aliphatic rings. The van der Waals surface area contributed by atoms with Crippen LogP contribution in [0, 0.1) is 0 Å². The Hall–Kier alpha value is -1.06. The van der Waals surface area contributed by atoms with Crippen LogP contribution in [0.25, 0.3) is 0 Å². The molecule has 1 aromatic heterocycles. The van der Waals surface area contributed by atoms with Crippen molar-refractivity contribution in [3.8, 4) is 0 Å². The molecule has 0 saturated heterocycles. The smallest absolute Gasteiger partial charge is 0.222 e. The second-order valence-corrected chi connectivity index (χ2v) is 2.35. The summed E-state index contributed by atoms with van der Waals surface area (Å²) in [5, 5.41) is 7.36. The Bertz CT molecular complexity index is 205. The summed E-state index contributed by atoms with van der Waals surface area (Å²) in [6.45, 7) is 4.18.